The molecule has 2 aliphatic heterocycles. The molecule has 0 saturated carbocycles. The molecule has 0 atom stereocenters. The van der Waals surface area contributed by atoms with Crippen molar-refractivity contribution in [3.8, 4) is 0 Å². The quantitative estimate of drug-likeness (QED) is 0.722. The van der Waals surface area contributed by atoms with Crippen LogP contribution in [0.3, 0.4) is 0 Å². The molecule has 1 aromatic heterocycles. The first-order valence-corrected chi connectivity index (χ1v) is 6.58. The van der Waals surface area contributed by atoms with E-state index in [0.717, 1.165) is 32.7 Å². The van der Waals surface area contributed by atoms with Gasteiger partial charge in [-0.1, -0.05) is 18.2 Å². The van der Waals surface area contributed by atoms with Crippen LogP contribution in [0.25, 0.3) is 17.0 Å². The van der Waals surface area contributed by atoms with Gasteiger partial charge in [0.05, 0.1) is 16.6 Å². The lowest BCUT2D eigenvalue weighted by Gasteiger charge is -2.12. The minimum atomic E-state index is 0.970. The normalized spacial score (nSPS) is 16.4. The molecule has 1 aromatic carbocycles. The van der Waals surface area contributed by atoms with Gasteiger partial charge in [-0.25, -0.2) is 4.99 Å². The van der Waals surface area contributed by atoms with E-state index < -0.39 is 0 Å². The van der Waals surface area contributed by atoms with Crippen molar-refractivity contribution >= 4 is 17.0 Å². The molecule has 0 aliphatic carbocycles. The Labute approximate surface area is 116 Å². The molecule has 0 saturated heterocycles. The lowest BCUT2D eigenvalue weighted by atomic mass is 10.1. The van der Waals surface area contributed by atoms with Gasteiger partial charge >= 0.3 is 0 Å². The average Bonchev–Trinajstić information content (AvgIpc) is 2.92. The number of benzene rings is 1. The maximum atomic E-state index is 4.77. The molecule has 4 rings (SSSR count). The smallest absolute Gasteiger partial charge is 0.0972 e. The summed E-state index contributed by atoms with van der Waals surface area (Å²) in [7, 11) is 2.01. The third-order valence-electron chi connectivity index (χ3n) is 3.58. The second-order valence-electron chi connectivity index (χ2n) is 4.97. The summed E-state index contributed by atoms with van der Waals surface area (Å²) in [5.41, 5.74) is 3.10. The Balaban J connectivity index is 1.99. The highest BCUT2D eigenvalue weighted by Crippen LogP contribution is 2.17. The molecule has 3 nitrogen and oxygen atoms in total. The molecule has 0 radical (unpaired) electrons. The van der Waals surface area contributed by atoms with Crippen LogP contribution in [-0.2, 0) is 0 Å². The fourth-order valence-electron chi connectivity index (χ4n) is 2.50. The van der Waals surface area contributed by atoms with Gasteiger partial charge in [0.15, 0.2) is 0 Å². The predicted octanol–water partition coefficient (Wildman–Crippen LogP) is 1.88. The SMILES string of the molecule is CN1C=CC(=C2C=c3ccc4cccnc4c3=N2)C=C1. The summed E-state index contributed by atoms with van der Waals surface area (Å²) in [5.74, 6) is 0. The van der Waals surface area contributed by atoms with E-state index >= 15 is 0 Å². The van der Waals surface area contributed by atoms with Gasteiger partial charge in [0.1, 0.15) is 0 Å². The van der Waals surface area contributed by atoms with Gasteiger partial charge in [0, 0.05) is 41.8 Å². The van der Waals surface area contributed by atoms with E-state index in [1.54, 1.807) is 0 Å². The van der Waals surface area contributed by atoms with Crippen LogP contribution < -0.4 is 10.6 Å². The molecule has 2 aliphatic rings. The van der Waals surface area contributed by atoms with Crippen molar-refractivity contribution < 1.29 is 0 Å². The largest absolute Gasteiger partial charge is 0.357 e. The number of aromatic nitrogens is 1. The van der Waals surface area contributed by atoms with Crippen molar-refractivity contribution in [2.24, 2.45) is 4.99 Å². The first-order chi connectivity index (χ1) is 9.81. The fourth-order valence-corrected chi connectivity index (χ4v) is 2.50. The van der Waals surface area contributed by atoms with Crippen LogP contribution in [0.2, 0.25) is 0 Å². The van der Waals surface area contributed by atoms with Crippen LogP contribution in [-0.4, -0.2) is 16.9 Å². The summed E-state index contributed by atoms with van der Waals surface area (Å²) in [6.07, 6.45) is 12.2. The van der Waals surface area contributed by atoms with Crippen LogP contribution >= 0.6 is 0 Å². The van der Waals surface area contributed by atoms with Gasteiger partial charge in [-0.3, -0.25) is 4.98 Å². The summed E-state index contributed by atoms with van der Waals surface area (Å²) in [6, 6.07) is 8.23. The summed E-state index contributed by atoms with van der Waals surface area (Å²) in [5, 5.41) is 3.25. The molecule has 3 heteroatoms. The fraction of sp³-hybridized carbons (Fsp3) is 0.0588. The minimum Gasteiger partial charge on any atom is -0.357 e. The number of hydrogen-bond donors (Lipinski definition) is 0. The Morgan fingerprint density at radius 2 is 1.90 bits per heavy atom. The van der Waals surface area contributed by atoms with Gasteiger partial charge in [0.25, 0.3) is 0 Å². The zero-order valence-electron chi connectivity index (χ0n) is 11.1. The first-order valence-electron chi connectivity index (χ1n) is 6.58. The highest BCUT2D eigenvalue weighted by atomic mass is 15.0. The predicted molar refractivity (Wildman–Crippen MR) is 80.1 cm³/mol. The zero-order chi connectivity index (χ0) is 13.5. The standard InChI is InChI=1S/C17H13N3/c1-20-9-6-12(7-10-20)15-11-14-5-4-13-3-2-8-18-16(13)17(14)19-15/h2-11H,1H3. The molecule has 0 spiro atoms. The van der Waals surface area contributed by atoms with Crippen molar-refractivity contribution in [3.63, 3.8) is 0 Å². The topological polar surface area (TPSA) is 28.5 Å². The van der Waals surface area contributed by atoms with Crippen LogP contribution in [0.5, 0.6) is 0 Å². The monoisotopic (exact) mass is 259 g/mol. The molecular weight excluding hydrogens is 246 g/mol. The summed E-state index contributed by atoms with van der Waals surface area (Å²) in [6.45, 7) is 0. The van der Waals surface area contributed by atoms with E-state index in [0.29, 0.717) is 0 Å². The van der Waals surface area contributed by atoms with Crippen LogP contribution in [0.15, 0.2) is 71.3 Å². The van der Waals surface area contributed by atoms with Gasteiger partial charge in [0.2, 0.25) is 0 Å². The van der Waals surface area contributed by atoms with Crippen molar-refractivity contribution in [1.29, 1.82) is 0 Å². The Kier molecular flexibility index (Phi) is 2.33. The maximum absolute atomic E-state index is 4.77. The van der Waals surface area contributed by atoms with Crippen molar-refractivity contribution in [1.82, 2.24) is 9.88 Å². The summed E-state index contributed by atoms with van der Waals surface area (Å²) < 4.78 is 0. The molecule has 96 valence electrons. The van der Waals surface area contributed by atoms with Crippen molar-refractivity contribution in [2.45, 2.75) is 0 Å². The summed E-state index contributed by atoms with van der Waals surface area (Å²) >= 11 is 0. The van der Waals surface area contributed by atoms with E-state index in [9.17, 15) is 0 Å². The lowest BCUT2D eigenvalue weighted by Crippen LogP contribution is -2.22. The Morgan fingerprint density at radius 1 is 1.05 bits per heavy atom. The van der Waals surface area contributed by atoms with Crippen molar-refractivity contribution in [3.05, 3.63) is 76.9 Å². The average molecular weight is 259 g/mol. The number of pyridine rings is 1. The minimum absolute atomic E-state index is 0.970. The maximum Gasteiger partial charge on any atom is 0.0972 e. The molecule has 2 aromatic rings. The Bertz CT molecular complexity index is 901. The molecule has 3 heterocycles. The molecular formula is C17H13N3. The van der Waals surface area contributed by atoms with Gasteiger partial charge in [-0.2, -0.15) is 0 Å². The van der Waals surface area contributed by atoms with Crippen LogP contribution in [0.1, 0.15) is 0 Å². The third kappa shape index (κ3) is 1.67. The molecule has 0 bridgehead atoms. The number of hydrogen-bond acceptors (Lipinski definition) is 3. The van der Waals surface area contributed by atoms with Gasteiger partial charge < -0.3 is 4.90 Å². The van der Waals surface area contributed by atoms with Crippen molar-refractivity contribution in [2.75, 3.05) is 7.05 Å². The van der Waals surface area contributed by atoms with E-state index in [2.05, 4.69) is 41.4 Å². The highest BCUT2D eigenvalue weighted by molar-refractivity contribution is 5.79. The highest BCUT2D eigenvalue weighted by Gasteiger charge is 2.09. The second kappa shape index (κ2) is 4.17. The first kappa shape index (κ1) is 11.2. The van der Waals surface area contributed by atoms with Crippen LogP contribution in [0, 0.1) is 0 Å². The third-order valence-corrected chi connectivity index (χ3v) is 3.58. The molecule has 20 heavy (non-hydrogen) atoms. The molecule has 0 unspecified atom stereocenters. The Morgan fingerprint density at radius 3 is 2.75 bits per heavy atom. The van der Waals surface area contributed by atoms with E-state index in [1.807, 2.05) is 36.6 Å². The van der Waals surface area contributed by atoms with Crippen LogP contribution in [0.4, 0.5) is 0 Å². The van der Waals surface area contributed by atoms with E-state index in [-0.39, 0.29) is 0 Å². The van der Waals surface area contributed by atoms with Gasteiger partial charge in [-0.15, -0.1) is 0 Å². The molecule has 0 N–H and O–H groups in total. The molecule has 0 fully saturated rings. The summed E-state index contributed by atoms with van der Waals surface area (Å²) in [4.78, 5) is 11.2. The lowest BCUT2D eigenvalue weighted by molar-refractivity contribution is 0.619. The number of fused-ring (bicyclic) bond motifs is 3. The second-order valence-corrected chi connectivity index (χ2v) is 4.97. The zero-order valence-corrected chi connectivity index (χ0v) is 11.1. The number of allylic oxidation sites excluding steroid dienone is 4. The van der Waals surface area contributed by atoms with E-state index in [4.69, 9.17) is 4.99 Å². The number of nitrogens with zero attached hydrogens (tertiary/aromatic N) is 3. The number of rotatable bonds is 0. The molecule has 0 amide bonds. The Hall–Kier alpha value is -2.68. The van der Waals surface area contributed by atoms with E-state index in [1.165, 1.54) is 0 Å². The van der Waals surface area contributed by atoms with Gasteiger partial charge in [-0.05, 0) is 24.3 Å².